The smallest absolute Gasteiger partial charge is 0.256 e. The van der Waals surface area contributed by atoms with Crippen LogP contribution in [0.5, 0.6) is 0 Å². The molecule has 1 amide bonds. The van der Waals surface area contributed by atoms with E-state index in [-0.39, 0.29) is 11.4 Å². The quantitative estimate of drug-likeness (QED) is 0.902. The van der Waals surface area contributed by atoms with E-state index in [1.807, 2.05) is 25.5 Å². The van der Waals surface area contributed by atoms with Gasteiger partial charge in [0.05, 0.1) is 22.7 Å². The molecular formula is C16H18ClN3O2S. The van der Waals surface area contributed by atoms with Crippen LogP contribution in [-0.2, 0) is 27.8 Å². The van der Waals surface area contributed by atoms with Crippen molar-refractivity contribution < 1.29 is 9.00 Å². The molecule has 5 nitrogen and oxygen atoms in total. The van der Waals surface area contributed by atoms with Gasteiger partial charge in [0, 0.05) is 26.9 Å². The normalized spacial score (nSPS) is 17.1. The molecule has 1 aliphatic heterocycles. The van der Waals surface area contributed by atoms with Gasteiger partial charge in [-0.25, -0.2) is 4.68 Å². The first-order valence-electron chi connectivity index (χ1n) is 7.29. The van der Waals surface area contributed by atoms with Crippen LogP contribution >= 0.6 is 11.6 Å². The summed E-state index contributed by atoms with van der Waals surface area (Å²) in [5.74, 6) is 1.29. The number of aromatic nitrogens is 2. The molecule has 7 heteroatoms. The molecule has 2 heterocycles. The van der Waals surface area contributed by atoms with E-state index in [9.17, 15) is 9.00 Å². The van der Waals surface area contributed by atoms with Gasteiger partial charge in [-0.1, -0.05) is 11.6 Å². The number of hydrogen-bond donors (Lipinski definition) is 1. The van der Waals surface area contributed by atoms with Gasteiger partial charge in [-0.05, 0) is 45.0 Å². The van der Waals surface area contributed by atoms with Crippen LogP contribution in [0.4, 0.5) is 5.82 Å². The maximum Gasteiger partial charge on any atom is 0.256 e. The van der Waals surface area contributed by atoms with Crippen molar-refractivity contribution >= 4 is 34.1 Å². The van der Waals surface area contributed by atoms with Gasteiger partial charge in [0.25, 0.3) is 5.91 Å². The summed E-state index contributed by atoms with van der Waals surface area (Å²) in [5.41, 5.74) is 1.92. The molecule has 1 atom stereocenters. The maximum atomic E-state index is 12.5. The highest BCUT2D eigenvalue weighted by Crippen LogP contribution is 2.33. The molecule has 0 unspecified atom stereocenters. The molecule has 1 N–H and O–H groups in total. The summed E-state index contributed by atoms with van der Waals surface area (Å²) >= 11 is 5.86. The lowest BCUT2D eigenvalue weighted by Gasteiger charge is -2.23. The average molecular weight is 352 g/mol. The Morgan fingerprint density at radius 3 is 2.52 bits per heavy atom. The number of anilines is 1. The molecule has 0 bridgehead atoms. The second-order valence-electron chi connectivity index (χ2n) is 6.55. The van der Waals surface area contributed by atoms with Crippen molar-refractivity contribution in [3.63, 3.8) is 0 Å². The first-order chi connectivity index (χ1) is 10.8. The van der Waals surface area contributed by atoms with Gasteiger partial charge >= 0.3 is 0 Å². The summed E-state index contributed by atoms with van der Waals surface area (Å²) in [4.78, 5) is 12.5. The van der Waals surface area contributed by atoms with Crippen molar-refractivity contribution in [3.05, 3.63) is 46.1 Å². The Kier molecular flexibility index (Phi) is 4.06. The average Bonchev–Trinajstić information content (AvgIpc) is 2.97. The minimum atomic E-state index is -0.941. The minimum Gasteiger partial charge on any atom is -0.306 e. The summed E-state index contributed by atoms with van der Waals surface area (Å²) in [7, 11) is -0.941. The summed E-state index contributed by atoms with van der Waals surface area (Å²) < 4.78 is 13.6. The van der Waals surface area contributed by atoms with Crippen LogP contribution < -0.4 is 5.32 Å². The highest BCUT2D eigenvalue weighted by Gasteiger charge is 2.31. The van der Waals surface area contributed by atoms with Crippen LogP contribution in [0.25, 0.3) is 0 Å². The Bertz CT molecular complexity index is 791. The van der Waals surface area contributed by atoms with E-state index in [1.165, 1.54) is 0 Å². The van der Waals surface area contributed by atoms with Crippen molar-refractivity contribution in [1.29, 1.82) is 0 Å². The highest BCUT2D eigenvalue weighted by molar-refractivity contribution is 7.83. The first-order valence-corrected chi connectivity index (χ1v) is 9.15. The number of nitrogens with one attached hydrogen (secondary N) is 1. The number of hydrogen-bond acceptors (Lipinski definition) is 3. The van der Waals surface area contributed by atoms with E-state index < -0.39 is 10.8 Å². The fourth-order valence-electron chi connectivity index (χ4n) is 2.52. The number of carbonyl (C=O) groups excluding carboxylic acids is 1. The lowest BCUT2D eigenvalue weighted by molar-refractivity contribution is 0.102. The number of nitrogens with zero attached hydrogens (tertiary/aromatic N) is 2. The lowest BCUT2D eigenvalue weighted by atomic mass is 10.1. The van der Waals surface area contributed by atoms with E-state index in [0.717, 1.165) is 11.3 Å². The summed E-state index contributed by atoms with van der Waals surface area (Å²) in [6.45, 7) is 6.05. The fraction of sp³-hybridized carbons (Fsp3) is 0.375. The minimum absolute atomic E-state index is 0.229. The molecule has 1 aromatic heterocycles. The Labute approximate surface area is 142 Å². The Hall–Kier alpha value is -1.66. The van der Waals surface area contributed by atoms with Crippen LogP contribution in [0.15, 0.2) is 24.3 Å². The second-order valence-corrected chi connectivity index (χ2v) is 8.44. The topological polar surface area (TPSA) is 64.0 Å². The van der Waals surface area contributed by atoms with Crippen molar-refractivity contribution in [2.24, 2.45) is 0 Å². The predicted molar refractivity (Wildman–Crippen MR) is 92.2 cm³/mol. The number of amides is 1. The zero-order chi connectivity index (χ0) is 16.8. The third-order valence-electron chi connectivity index (χ3n) is 3.64. The highest BCUT2D eigenvalue weighted by atomic mass is 35.5. The fourth-order valence-corrected chi connectivity index (χ4v) is 3.91. The number of carbonyl (C=O) groups is 1. The molecule has 0 saturated carbocycles. The first kappa shape index (κ1) is 16.2. The van der Waals surface area contributed by atoms with Gasteiger partial charge in [0.2, 0.25) is 0 Å². The molecule has 0 fully saturated rings. The number of halogens is 1. The number of benzene rings is 1. The van der Waals surface area contributed by atoms with Crippen LogP contribution in [0.3, 0.4) is 0 Å². The predicted octanol–water partition coefficient (Wildman–Crippen LogP) is 3.31. The van der Waals surface area contributed by atoms with Crippen LogP contribution in [0, 0.1) is 0 Å². The molecule has 23 heavy (non-hydrogen) atoms. The third kappa shape index (κ3) is 3.19. The van der Waals surface area contributed by atoms with Crippen LogP contribution in [-0.4, -0.2) is 19.9 Å². The standard InChI is InChI=1S/C16H18ClN3O2S/c1-16(2,3)20-14(12-8-23(22)9-13(12)19-20)18-15(21)10-4-6-11(17)7-5-10/h4-7H,8-9H2,1-3H3,(H,18,21)/t23-/m0/s1. The molecule has 2 aromatic rings. The van der Waals surface area contributed by atoms with Crippen molar-refractivity contribution in [2.75, 3.05) is 5.32 Å². The Morgan fingerprint density at radius 1 is 1.26 bits per heavy atom. The van der Waals surface area contributed by atoms with E-state index in [2.05, 4.69) is 10.4 Å². The number of fused-ring (bicyclic) bond motifs is 1. The molecule has 0 spiro atoms. The monoisotopic (exact) mass is 351 g/mol. The Morgan fingerprint density at radius 2 is 1.91 bits per heavy atom. The van der Waals surface area contributed by atoms with Gasteiger partial charge in [-0.15, -0.1) is 0 Å². The Balaban J connectivity index is 1.97. The van der Waals surface area contributed by atoms with E-state index in [4.69, 9.17) is 11.6 Å². The zero-order valence-corrected chi connectivity index (χ0v) is 14.8. The molecule has 3 rings (SSSR count). The lowest BCUT2D eigenvalue weighted by Crippen LogP contribution is -2.27. The maximum absolute atomic E-state index is 12.5. The van der Waals surface area contributed by atoms with E-state index in [1.54, 1.807) is 24.3 Å². The molecule has 1 aliphatic rings. The van der Waals surface area contributed by atoms with Crippen LogP contribution in [0.1, 0.15) is 42.4 Å². The van der Waals surface area contributed by atoms with Gasteiger partial charge in [-0.2, -0.15) is 5.10 Å². The van der Waals surface area contributed by atoms with Gasteiger partial charge in [-0.3, -0.25) is 9.00 Å². The second kappa shape index (κ2) is 5.76. The molecular weight excluding hydrogens is 334 g/mol. The van der Waals surface area contributed by atoms with E-state index >= 15 is 0 Å². The zero-order valence-electron chi connectivity index (χ0n) is 13.2. The van der Waals surface area contributed by atoms with E-state index in [0.29, 0.717) is 27.9 Å². The largest absolute Gasteiger partial charge is 0.306 e. The molecule has 0 saturated heterocycles. The number of rotatable bonds is 2. The molecule has 0 radical (unpaired) electrons. The van der Waals surface area contributed by atoms with Gasteiger partial charge < -0.3 is 5.32 Å². The summed E-state index contributed by atoms with van der Waals surface area (Å²) in [6, 6.07) is 6.70. The molecule has 0 aliphatic carbocycles. The summed E-state index contributed by atoms with van der Waals surface area (Å²) in [5, 5.41) is 8.08. The van der Waals surface area contributed by atoms with Crippen molar-refractivity contribution in [1.82, 2.24) is 9.78 Å². The third-order valence-corrected chi connectivity index (χ3v) is 5.10. The molecule has 122 valence electrons. The van der Waals surface area contributed by atoms with Crippen molar-refractivity contribution in [2.45, 2.75) is 37.8 Å². The van der Waals surface area contributed by atoms with Crippen LogP contribution in [0.2, 0.25) is 5.02 Å². The van der Waals surface area contributed by atoms with Gasteiger partial charge in [0.1, 0.15) is 5.82 Å². The summed E-state index contributed by atoms with van der Waals surface area (Å²) in [6.07, 6.45) is 0. The molecule has 1 aromatic carbocycles. The SMILES string of the molecule is CC(C)(C)n1nc2c(c1NC(=O)c1ccc(Cl)cc1)C[S@](=O)C2. The van der Waals surface area contributed by atoms with Gasteiger partial charge in [0.15, 0.2) is 0 Å². The van der Waals surface area contributed by atoms with Crippen molar-refractivity contribution in [3.8, 4) is 0 Å².